The molecule has 0 fully saturated rings. The van der Waals surface area contributed by atoms with Crippen molar-refractivity contribution in [2.24, 2.45) is 0 Å². The van der Waals surface area contributed by atoms with E-state index in [1.807, 2.05) is 41.2 Å². The second-order valence-electron chi connectivity index (χ2n) is 5.55. The highest BCUT2D eigenvalue weighted by Crippen LogP contribution is 2.13. The Morgan fingerprint density at radius 1 is 1.14 bits per heavy atom. The largest absolute Gasteiger partial charge is 0.481 e. The number of hydrogen-bond acceptors (Lipinski definition) is 2. The summed E-state index contributed by atoms with van der Waals surface area (Å²) in [6.45, 7) is 3.38. The first kappa shape index (κ1) is 14.8. The molecule has 2 aromatic rings. The zero-order valence-corrected chi connectivity index (χ0v) is 12.0. The molecule has 0 aliphatic carbocycles. The van der Waals surface area contributed by atoms with E-state index in [2.05, 4.69) is 5.32 Å². The lowest BCUT2D eigenvalue weighted by molar-refractivity contribution is -0.138. The Bertz CT molecular complexity index is 628. The molecule has 0 saturated carbocycles. The van der Waals surface area contributed by atoms with E-state index in [9.17, 15) is 9.59 Å². The van der Waals surface area contributed by atoms with Gasteiger partial charge in [-0.25, -0.2) is 0 Å². The number of hydrogen-bond donors (Lipinski definition) is 2. The van der Waals surface area contributed by atoms with Crippen molar-refractivity contribution in [1.82, 2.24) is 9.88 Å². The summed E-state index contributed by atoms with van der Waals surface area (Å²) in [6.07, 6.45) is 3.72. The molecule has 0 atom stereocenters. The summed E-state index contributed by atoms with van der Waals surface area (Å²) in [6, 6.07) is 11.0. The Labute approximate surface area is 123 Å². The fraction of sp³-hybridized carbons (Fsp3) is 0.250. The molecule has 21 heavy (non-hydrogen) atoms. The number of nitrogens with zero attached hydrogens (tertiary/aromatic N) is 1. The van der Waals surface area contributed by atoms with Crippen molar-refractivity contribution >= 4 is 11.9 Å². The number of amides is 1. The molecule has 2 N–H and O–H groups in total. The van der Waals surface area contributed by atoms with Crippen molar-refractivity contribution < 1.29 is 14.7 Å². The monoisotopic (exact) mass is 286 g/mol. The lowest BCUT2D eigenvalue weighted by atomic mass is 10.00. The van der Waals surface area contributed by atoms with Crippen molar-refractivity contribution in [2.75, 3.05) is 0 Å². The van der Waals surface area contributed by atoms with Crippen LogP contribution in [0.4, 0.5) is 0 Å². The van der Waals surface area contributed by atoms with Crippen LogP contribution in [0.25, 0.3) is 5.69 Å². The second kappa shape index (κ2) is 5.83. The average molecular weight is 286 g/mol. The number of carbonyl (C=O) groups is 2. The van der Waals surface area contributed by atoms with Gasteiger partial charge in [0.25, 0.3) is 5.91 Å². The minimum atomic E-state index is -0.941. The number of benzene rings is 1. The topological polar surface area (TPSA) is 71.3 Å². The van der Waals surface area contributed by atoms with Crippen LogP contribution in [-0.4, -0.2) is 27.1 Å². The van der Waals surface area contributed by atoms with Crippen LogP contribution in [0.1, 0.15) is 30.6 Å². The van der Waals surface area contributed by atoms with Crippen molar-refractivity contribution in [3.05, 3.63) is 54.4 Å². The van der Waals surface area contributed by atoms with Crippen molar-refractivity contribution in [2.45, 2.75) is 25.8 Å². The van der Waals surface area contributed by atoms with Gasteiger partial charge in [-0.15, -0.1) is 0 Å². The van der Waals surface area contributed by atoms with Gasteiger partial charge in [-0.3, -0.25) is 9.59 Å². The zero-order valence-electron chi connectivity index (χ0n) is 12.0. The summed E-state index contributed by atoms with van der Waals surface area (Å²) >= 11 is 0. The van der Waals surface area contributed by atoms with Gasteiger partial charge in [0.15, 0.2) is 0 Å². The predicted molar refractivity (Wildman–Crippen MR) is 79.6 cm³/mol. The number of nitrogens with one attached hydrogen (secondary N) is 1. The van der Waals surface area contributed by atoms with E-state index in [4.69, 9.17) is 5.11 Å². The lowest BCUT2D eigenvalue weighted by Gasteiger charge is -2.24. The predicted octanol–water partition coefficient (Wildman–Crippen LogP) is 2.46. The van der Waals surface area contributed by atoms with Gasteiger partial charge in [0.1, 0.15) is 0 Å². The molecule has 0 bridgehead atoms. The number of carboxylic acid groups (broad SMARTS) is 1. The van der Waals surface area contributed by atoms with E-state index in [0.29, 0.717) is 5.56 Å². The molecule has 0 aliphatic rings. The van der Waals surface area contributed by atoms with Gasteiger partial charge < -0.3 is 15.0 Å². The third-order valence-electron chi connectivity index (χ3n) is 3.08. The second-order valence-corrected chi connectivity index (χ2v) is 5.55. The Kier molecular flexibility index (Phi) is 4.12. The molecular weight excluding hydrogens is 268 g/mol. The molecule has 0 aliphatic heterocycles. The van der Waals surface area contributed by atoms with E-state index in [1.165, 1.54) is 0 Å². The molecule has 5 nitrogen and oxygen atoms in total. The molecule has 0 spiro atoms. The van der Waals surface area contributed by atoms with Crippen LogP contribution in [-0.2, 0) is 4.79 Å². The molecule has 110 valence electrons. The van der Waals surface area contributed by atoms with Gasteiger partial charge in [-0.2, -0.15) is 0 Å². The Morgan fingerprint density at radius 2 is 1.71 bits per heavy atom. The van der Waals surface area contributed by atoms with Gasteiger partial charge in [-0.05, 0) is 50.2 Å². The maximum atomic E-state index is 12.1. The lowest BCUT2D eigenvalue weighted by Crippen LogP contribution is -2.44. The van der Waals surface area contributed by atoms with Crippen LogP contribution in [0.15, 0.2) is 48.8 Å². The third kappa shape index (κ3) is 3.95. The number of carboxylic acids is 1. The summed E-state index contributed by atoms with van der Waals surface area (Å²) in [5.41, 5.74) is 0.674. The molecule has 1 amide bonds. The molecule has 1 aromatic carbocycles. The summed E-state index contributed by atoms with van der Waals surface area (Å²) in [7, 11) is 0. The average Bonchev–Trinajstić information content (AvgIpc) is 2.90. The van der Waals surface area contributed by atoms with E-state index in [-0.39, 0.29) is 12.3 Å². The molecule has 2 rings (SSSR count). The van der Waals surface area contributed by atoms with Crippen LogP contribution in [0.5, 0.6) is 0 Å². The maximum Gasteiger partial charge on any atom is 0.305 e. The number of aromatic nitrogens is 1. The van der Waals surface area contributed by atoms with E-state index in [1.54, 1.807) is 26.0 Å². The SMILES string of the molecule is CC(C)(CC(=O)O)NC(=O)c1ccc(-n2cccc2)cc1. The van der Waals surface area contributed by atoms with Crippen molar-refractivity contribution in [3.8, 4) is 5.69 Å². The molecule has 0 radical (unpaired) electrons. The molecule has 1 heterocycles. The minimum absolute atomic E-state index is 0.125. The summed E-state index contributed by atoms with van der Waals surface area (Å²) < 4.78 is 1.94. The first-order valence-corrected chi connectivity index (χ1v) is 6.65. The van der Waals surface area contributed by atoms with Crippen LogP contribution in [0.3, 0.4) is 0 Å². The van der Waals surface area contributed by atoms with Gasteiger partial charge in [0.2, 0.25) is 0 Å². The van der Waals surface area contributed by atoms with Crippen LogP contribution in [0.2, 0.25) is 0 Å². The van der Waals surface area contributed by atoms with Crippen LogP contribution in [0, 0.1) is 0 Å². The molecule has 1 aromatic heterocycles. The number of aliphatic carboxylic acids is 1. The fourth-order valence-corrected chi connectivity index (χ4v) is 2.09. The summed E-state index contributed by atoms with van der Waals surface area (Å²) in [4.78, 5) is 22.9. The number of carbonyl (C=O) groups excluding carboxylic acids is 1. The highest BCUT2D eigenvalue weighted by atomic mass is 16.4. The molecule has 0 unspecified atom stereocenters. The van der Waals surface area contributed by atoms with Crippen LogP contribution >= 0.6 is 0 Å². The van der Waals surface area contributed by atoms with Gasteiger partial charge in [0, 0.05) is 29.2 Å². The first-order chi connectivity index (χ1) is 9.87. The Hall–Kier alpha value is -2.56. The Balaban J connectivity index is 2.08. The van der Waals surface area contributed by atoms with Crippen molar-refractivity contribution in [1.29, 1.82) is 0 Å². The standard InChI is InChI=1S/C16H18N2O3/c1-16(2,11-14(19)20)17-15(21)12-5-7-13(8-6-12)18-9-3-4-10-18/h3-10H,11H2,1-2H3,(H,17,21)(H,19,20). The highest BCUT2D eigenvalue weighted by Gasteiger charge is 2.24. The van der Waals surface area contributed by atoms with Gasteiger partial charge in [0.05, 0.1) is 6.42 Å². The Morgan fingerprint density at radius 3 is 2.24 bits per heavy atom. The minimum Gasteiger partial charge on any atom is -0.481 e. The maximum absolute atomic E-state index is 12.1. The quantitative estimate of drug-likeness (QED) is 0.887. The van der Waals surface area contributed by atoms with E-state index in [0.717, 1.165) is 5.69 Å². The van der Waals surface area contributed by atoms with Gasteiger partial charge in [-0.1, -0.05) is 0 Å². The number of rotatable bonds is 5. The van der Waals surface area contributed by atoms with Crippen LogP contribution < -0.4 is 5.32 Å². The third-order valence-corrected chi connectivity index (χ3v) is 3.08. The van der Waals surface area contributed by atoms with Crippen molar-refractivity contribution in [3.63, 3.8) is 0 Å². The normalized spacial score (nSPS) is 11.1. The summed E-state index contributed by atoms with van der Waals surface area (Å²) in [5, 5.41) is 11.6. The highest BCUT2D eigenvalue weighted by molar-refractivity contribution is 5.95. The van der Waals surface area contributed by atoms with Gasteiger partial charge >= 0.3 is 5.97 Å². The summed E-state index contributed by atoms with van der Waals surface area (Å²) in [5.74, 6) is -1.22. The van der Waals surface area contributed by atoms with E-state index >= 15 is 0 Å². The zero-order chi connectivity index (χ0) is 15.5. The smallest absolute Gasteiger partial charge is 0.305 e. The first-order valence-electron chi connectivity index (χ1n) is 6.65. The molecular formula is C16H18N2O3. The molecule has 0 saturated heterocycles. The molecule has 5 heteroatoms. The fourth-order valence-electron chi connectivity index (χ4n) is 2.09. The van der Waals surface area contributed by atoms with E-state index < -0.39 is 11.5 Å².